The van der Waals surface area contributed by atoms with Crippen LogP contribution in [0.25, 0.3) is 22.3 Å². The predicted molar refractivity (Wildman–Crippen MR) is 104 cm³/mol. The topological polar surface area (TPSA) is 60.9 Å². The third kappa shape index (κ3) is 2.63. The van der Waals surface area contributed by atoms with Crippen molar-refractivity contribution in [3.63, 3.8) is 0 Å². The first kappa shape index (κ1) is 18.6. The van der Waals surface area contributed by atoms with Crippen LogP contribution in [-0.2, 0) is 16.8 Å². The summed E-state index contributed by atoms with van der Waals surface area (Å²) in [5, 5.41) is 4.51. The van der Waals surface area contributed by atoms with Gasteiger partial charge < -0.3 is 5.73 Å². The molecule has 1 aromatic heterocycles. The molecule has 4 rings (SSSR count). The van der Waals surface area contributed by atoms with Crippen LogP contribution in [0, 0.1) is 0 Å². The highest BCUT2D eigenvalue weighted by molar-refractivity contribution is 6.31. The number of carbonyl (C=O) groups is 1. The van der Waals surface area contributed by atoms with E-state index in [2.05, 4.69) is 5.10 Å². The molecule has 28 heavy (non-hydrogen) atoms. The van der Waals surface area contributed by atoms with Gasteiger partial charge in [-0.1, -0.05) is 35.9 Å². The van der Waals surface area contributed by atoms with Gasteiger partial charge in [-0.3, -0.25) is 9.48 Å². The summed E-state index contributed by atoms with van der Waals surface area (Å²) in [5.74, 6) is -3.53. The van der Waals surface area contributed by atoms with Gasteiger partial charge in [0.05, 0.1) is 11.6 Å². The minimum Gasteiger partial charge on any atom is -0.368 e. The van der Waals surface area contributed by atoms with E-state index in [1.807, 2.05) is 12.1 Å². The van der Waals surface area contributed by atoms with Crippen molar-refractivity contribution in [1.82, 2.24) is 9.78 Å². The standard InChI is InChI=1S/C21H18ClF2N3O/c1-20(21(2,23)24)16-6-4-3-5-14(16)19-15(7-13(22)8-17(19)20)12-9-26-27(10-12)11-18(25)28/h3-10H,11H2,1-2H3,(H2,25,28). The summed E-state index contributed by atoms with van der Waals surface area (Å²) in [4.78, 5) is 11.2. The summed E-state index contributed by atoms with van der Waals surface area (Å²) < 4.78 is 31.2. The molecule has 2 N–H and O–H groups in total. The third-order valence-electron chi connectivity index (χ3n) is 5.52. The Bertz CT molecular complexity index is 1100. The molecule has 3 aromatic rings. The molecule has 0 saturated carbocycles. The number of carbonyl (C=O) groups excluding carboxylic acids is 1. The lowest BCUT2D eigenvalue weighted by Gasteiger charge is -2.33. The molecule has 1 aliphatic carbocycles. The minimum atomic E-state index is -3.01. The highest BCUT2D eigenvalue weighted by Gasteiger charge is 2.54. The molecule has 1 heterocycles. The quantitative estimate of drug-likeness (QED) is 0.692. The monoisotopic (exact) mass is 401 g/mol. The summed E-state index contributed by atoms with van der Waals surface area (Å²) >= 11 is 6.34. The van der Waals surface area contributed by atoms with Crippen molar-refractivity contribution in [1.29, 1.82) is 0 Å². The number of nitrogens with two attached hydrogens (primary N) is 1. The molecule has 1 unspecified atom stereocenters. The third-order valence-corrected chi connectivity index (χ3v) is 5.74. The highest BCUT2D eigenvalue weighted by atomic mass is 35.5. The van der Waals surface area contributed by atoms with Gasteiger partial charge in [-0.05, 0) is 46.9 Å². The first-order valence-corrected chi connectivity index (χ1v) is 9.13. The van der Waals surface area contributed by atoms with E-state index in [9.17, 15) is 13.6 Å². The number of benzene rings is 2. The number of amides is 1. The average Bonchev–Trinajstić information content (AvgIpc) is 3.16. The van der Waals surface area contributed by atoms with E-state index in [1.165, 1.54) is 4.68 Å². The Balaban J connectivity index is 2.01. The number of fused-ring (bicyclic) bond motifs is 3. The van der Waals surface area contributed by atoms with Gasteiger partial charge in [-0.15, -0.1) is 0 Å². The van der Waals surface area contributed by atoms with Crippen molar-refractivity contribution < 1.29 is 13.6 Å². The SMILES string of the molecule is CC(F)(F)C1(C)c2ccccc2-c2c(-c3cnn(CC(N)=O)c3)cc(Cl)cc21. The van der Waals surface area contributed by atoms with E-state index in [1.54, 1.807) is 43.6 Å². The van der Waals surface area contributed by atoms with Gasteiger partial charge in [0.25, 0.3) is 5.92 Å². The molecule has 1 amide bonds. The normalized spacial score (nSPS) is 18.0. The molecule has 0 fully saturated rings. The molecule has 0 saturated heterocycles. The maximum absolute atomic E-state index is 14.9. The van der Waals surface area contributed by atoms with Gasteiger partial charge in [0.2, 0.25) is 5.91 Å². The van der Waals surface area contributed by atoms with Gasteiger partial charge in [0.15, 0.2) is 0 Å². The molecule has 0 radical (unpaired) electrons. The number of halogens is 3. The first-order valence-electron chi connectivity index (χ1n) is 8.76. The van der Waals surface area contributed by atoms with Crippen LogP contribution >= 0.6 is 11.6 Å². The van der Waals surface area contributed by atoms with Crippen molar-refractivity contribution in [3.8, 4) is 22.3 Å². The zero-order chi connectivity index (χ0) is 20.3. The molecule has 144 valence electrons. The van der Waals surface area contributed by atoms with Crippen LogP contribution in [-0.4, -0.2) is 21.6 Å². The van der Waals surface area contributed by atoms with E-state index in [0.29, 0.717) is 32.8 Å². The first-order chi connectivity index (χ1) is 13.1. The smallest absolute Gasteiger partial charge is 0.258 e. The van der Waals surface area contributed by atoms with Crippen LogP contribution in [0.2, 0.25) is 5.02 Å². The number of hydrogen-bond acceptors (Lipinski definition) is 2. The summed E-state index contributed by atoms with van der Waals surface area (Å²) in [6.07, 6.45) is 3.25. The number of alkyl halides is 2. The Morgan fingerprint density at radius 2 is 1.96 bits per heavy atom. The largest absolute Gasteiger partial charge is 0.368 e. The number of nitrogens with zero attached hydrogens (tertiary/aromatic N) is 2. The van der Waals surface area contributed by atoms with Gasteiger partial charge in [0.1, 0.15) is 6.54 Å². The number of primary amides is 1. The second-order valence-electron chi connectivity index (χ2n) is 7.33. The Hall–Kier alpha value is -2.73. The average molecular weight is 402 g/mol. The molecular formula is C21H18ClF2N3O. The fourth-order valence-electron chi connectivity index (χ4n) is 4.02. The summed E-state index contributed by atoms with van der Waals surface area (Å²) in [7, 11) is 0. The predicted octanol–water partition coefficient (Wildman–Crippen LogP) is 4.63. The minimum absolute atomic E-state index is 0.0654. The lowest BCUT2D eigenvalue weighted by molar-refractivity contribution is -0.118. The number of rotatable bonds is 4. The second-order valence-corrected chi connectivity index (χ2v) is 7.76. The van der Waals surface area contributed by atoms with Crippen LogP contribution in [0.15, 0.2) is 48.8 Å². The Labute approximate surface area is 165 Å². The second kappa shape index (κ2) is 6.14. The van der Waals surface area contributed by atoms with Crippen LogP contribution in [0.5, 0.6) is 0 Å². The molecule has 0 spiro atoms. The molecule has 2 aromatic carbocycles. The lowest BCUT2D eigenvalue weighted by atomic mass is 9.75. The molecule has 0 aliphatic heterocycles. The van der Waals surface area contributed by atoms with E-state index in [-0.39, 0.29) is 6.54 Å². The van der Waals surface area contributed by atoms with Crippen molar-refractivity contribution in [2.45, 2.75) is 31.7 Å². The van der Waals surface area contributed by atoms with Crippen molar-refractivity contribution in [2.75, 3.05) is 0 Å². The van der Waals surface area contributed by atoms with Gasteiger partial charge in [0, 0.05) is 23.7 Å². The Morgan fingerprint density at radius 3 is 2.64 bits per heavy atom. The Kier molecular flexibility index (Phi) is 4.08. The maximum atomic E-state index is 14.9. The zero-order valence-corrected chi connectivity index (χ0v) is 16.1. The van der Waals surface area contributed by atoms with E-state index in [0.717, 1.165) is 12.5 Å². The van der Waals surface area contributed by atoms with E-state index in [4.69, 9.17) is 17.3 Å². The van der Waals surface area contributed by atoms with Crippen LogP contribution in [0.1, 0.15) is 25.0 Å². The molecule has 4 nitrogen and oxygen atoms in total. The number of aromatic nitrogens is 2. The van der Waals surface area contributed by atoms with Gasteiger partial charge in [-0.2, -0.15) is 5.10 Å². The van der Waals surface area contributed by atoms with Crippen LogP contribution < -0.4 is 5.73 Å². The van der Waals surface area contributed by atoms with E-state index < -0.39 is 17.2 Å². The summed E-state index contributed by atoms with van der Waals surface area (Å²) in [6, 6.07) is 10.5. The maximum Gasteiger partial charge on any atom is 0.258 e. The van der Waals surface area contributed by atoms with Crippen molar-refractivity contribution >= 4 is 17.5 Å². The number of hydrogen-bond donors (Lipinski definition) is 1. The van der Waals surface area contributed by atoms with Gasteiger partial charge >= 0.3 is 0 Å². The molecule has 7 heteroatoms. The molecule has 1 atom stereocenters. The van der Waals surface area contributed by atoms with Crippen LogP contribution in [0.3, 0.4) is 0 Å². The Morgan fingerprint density at radius 1 is 1.25 bits per heavy atom. The lowest BCUT2D eigenvalue weighted by Crippen LogP contribution is -2.39. The van der Waals surface area contributed by atoms with Gasteiger partial charge in [-0.25, -0.2) is 8.78 Å². The molecule has 0 bridgehead atoms. The molecule has 1 aliphatic rings. The van der Waals surface area contributed by atoms with Crippen molar-refractivity contribution in [2.24, 2.45) is 5.73 Å². The highest BCUT2D eigenvalue weighted by Crippen LogP contribution is 2.58. The molecular weight excluding hydrogens is 384 g/mol. The summed E-state index contributed by atoms with van der Waals surface area (Å²) in [5.41, 5.74) is 7.59. The summed E-state index contributed by atoms with van der Waals surface area (Å²) in [6.45, 7) is 2.42. The fraction of sp³-hybridized carbons (Fsp3) is 0.238. The zero-order valence-electron chi connectivity index (χ0n) is 15.3. The van der Waals surface area contributed by atoms with Crippen LogP contribution in [0.4, 0.5) is 8.78 Å². The fourth-order valence-corrected chi connectivity index (χ4v) is 4.24. The van der Waals surface area contributed by atoms with Crippen molar-refractivity contribution in [3.05, 3.63) is 64.9 Å². The van der Waals surface area contributed by atoms with E-state index >= 15 is 0 Å².